The molecule has 0 radical (unpaired) electrons. The number of benzene rings is 1. The van der Waals surface area contributed by atoms with E-state index in [1.165, 1.54) is 24.3 Å². The molecule has 1 aromatic carbocycles. The van der Waals surface area contributed by atoms with Crippen LogP contribution in [0.2, 0.25) is 0 Å². The molecule has 0 spiro atoms. The maximum atomic E-state index is 12.9. The molecule has 2 aromatic rings. The Balaban J connectivity index is 2.14. The molecular formula is C16H17FN2O2. The molecule has 1 amide bonds. The Morgan fingerprint density at radius 1 is 1.19 bits per heavy atom. The molecule has 0 unspecified atom stereocenters. The number of nitrogens with zero attached hydrogens (tertiary/aromatic N) is 2. The van der Waals surface area contributed by atoms with Crippen LogP contribution in [0.1, 0.15) is 15.9 Å². The fraction of sp³-hybridized carbons (Fsp3) is 0.250. The molecule has 0 atom stereocenters. The average Bonchev–Trinajstić information content (AvgIpc) is 2.52. The van der Waals surface area contributed by atoms with Gasteiger partial charge in [0.15, 0.2) is 0 Å². The first-order chi connectivity index (χ1) is 10.2. The number of amides is 1. The van der Waals surface area contributed by atoms with Gasteiger partial charge in [-0.3, -0.25) is 9.78 Å². The van der Waals surface area contributed by atoms with E-state index in [1.54, 1.807) is 24.4 Å². The highest BCUT2D eigenvalue weighted by Crippen LogP contribution is 2.10. The van der Waals surface area contributed by atoms with Crippen LogP contribution in [0.15, 0.2) is 48.8 Å². The van der Waals surface area contributed by atoms with Gasteiger partial charge in [0.05, 0.1) is 6.61 Å². The number of hydrogen-bond donors (Lipinski definition) is 0. The van der Waals surface area contributed by atoms with Gasteiger partial charge < -0.3 is 9.64 Å². The second kappa shape index (κ2) is 7.50. The number of methoxy groups -OCH3 is 1. The van der Waals surface area contributed by atoms with E-state index in [1.807, 2.05) is 12.1 Å². The number of hydrogen-bond acceptors (Lipinski definition) is 3. The molecule has 4 nitrogen and oxygen atoms in total. The second-order valence-corrected chi connectivity index (χ2v) is 4.58. The minimum absolute atomic E-state index is 0.149. The molecule has 0 saturated carbocycles. The Hall–Kier alpha value is -2.27. The predicted octanol–water partition coefficient (Wildman–Crippen LogP) is 2.51. The van der Waals surface area contributed by atoms with Gasteiger partial charge in [0.25, 0.3) is 5.91 Å². The number of rotatable bonds is 6. The molecule has 1 aromatic heterocycles. The third kappa shape index (κ3) is 4.36. The topological polar surface area (TPSA) is 42.4 Å². The highest BCUT2D eigenvalue weighted by molar-refractivity contribution is 5.94. The fourth-order valence-electron chi connectivity index (χ4n) is 1.94. The summed E-state index contributed by atoms with van der Waals surface area (Å²) in [6.07, 6.45) is 3.37. The zero-order chi connectivity index (χ0) is 15.1. The van der Waals surface area contributed by atoms with Gasteiger partial charge >= 0.3 is 0 Å². The van der Waals surface area contributed by atoms with Crippen LogP contribution >= 0.6 is 0 Å². The van der Waals surface area contributed by atoms with Crippen molar-refractivity contribution >= 4 is 5.91 Å². The summed E-state index contributed by atoms with van der Waals surface area (Å²) in [5, 5.41) is 0. The van der Waals surface area contributed by atoms with Gasteiger partial charge in [0.1, 0.15) is 5.82 Å². The Labute approximate surface area is 123 Å². The van der Waals surface area contributed by atoms with Crippen molar-refractivity contribution in [3.8, 4) is 0 Å². The maximum Gasteiger partial charge on any atom is 0.254 e. The molecule has 0 N–H and O–H groups in total. The quantitative estimate of drug-likeness (QED) is 0.820. The van der Waals surface area contributed by atoms with E-state index in [2.05, 4.69) is 4.98 Å². The average molecular weight is 288 g/mol. The van der Waals surface area contributed by atoms with Gasteiger partial charge in [-0.1, -0.05) is 0 Å². The van der Waals surface area contributed by atoms with Gasteiger partial charge in [-0.25, -0.2) is 4.39 Å². The minimum Gasteiger partial charge on any atom is -0.383 e. The third-order valence-electron chi connectivity index (χ3n) is 3.07. The van der Waals surface area contributed by atoms with Gasteiger partial charge in [0, 0.05) is 38.2 Å². The van der Waals surface area contributed by atoms with Crippen molar-refractivity contribution < 1.29 is 13.9 Å². The van der Waals surface area contributed by atoms with E-state index in [0.29, 0.717) is 25.3 Å². The van der Waals surface area contributed by atoms with Crippen LogP contribution < -0.4 is 0 Å². The first-order valence-corrected chi connectivity index (χ1v) is 6.63. The van der Waals surface area contributed by atoms with Crippen molar-refractivity contribution in [1.29, 1.82) is 0 Å². The summed E-state index contributed by atoms with van der Waals surface area (Å²) in [5.74, 6) is -0.506. The summed E-state index contributed by atoms with van der Waals surface area (Å²) in [4.78, 5) is 18.1. The first kappa shape index (κ1) is 15.1. The molecular weight excluding hydrogens is 271 g/mol. The van der Waals surface area contributed by atoms with Crippen LogP contribution in [-0.4, -0.2) is 36.1 Å². The first-order valence-electron chi connectivity index (χ1n) is 6.63. The highest BCUT2D eigenvalue weighted by atomic mass is 19.1. The maximum absolute atomic E-state index is 12.9. The summed E-state index contributed by atoms with van der Waals surface area (Å²) < 4.78 is 18.0. The summed E-state index contributed by atoms with van der Waals surface area (Å²) in [7, 11) is 1.59. The number of ether oxygens (including phenoxy) is 1. The number of carbonyl (C=O) groups excluding carboxylic acids is 1. The third-order valence-corrected chi connectivity index (χ3v) is 3.07. The Morgan fingerprint density at radius 2 is 1.86 bits per heavy atom. The number of carbonyl (C=O) groups is 1. The number of aromatic nitrogens is 1. The van der Waals surface area contributed by atoms with E-state index < -0.39 is 0 Å². The monoisotopic (exact) mass is 288 g/mol. The number of pyridine rings is 1. The normalized spacial score (nSPS) is 10.4. The van der Waals surface area contributed by atoms with Gasteiger partial charge in [-0.05, 0) is 42.0 Å². The lowest BCUT2D eigenvalue weighted by atomic mass is 10.1. The molecule has 5 heteroatoms. The minimum atomic E-state index is -0.357. The molecule has 2 rings (SSSR count). The van der Waals surface area contributed by atoms with Crippen LogP contribution in [0.25, 0.3) is 0 Å². The standard InChI is InChI=1S/C16H17FN2O2/c1-21-11-10-19(12-13-6-8-18-9-7-13)16(20)14-2-4-15(17)5-3-14/h2-9H,10-12H2,1H3. The zero-order valence-corrected chi connectivity index (χ0v) is 11.8. The number of halogens is 1. The predicted molar refractivity (Wildman–Crippen MR) is 77.3 cm³/mol. The SMILES string of the molecule is COCCN(Cc1ccncc1)C(=O)c1ccc(F)cc1. The molecule has 21 heavy (non-hydrogen) atoms. The van der Waals surface area contributed by atoms with Crippen LogP contribution in [0, 0.1) is 5.82 Å². The molecule has 0 bridgehead atoms. The van der Waals surface area contributed by atoms with E-state index in [-0.39, 0.29) is 11.7 Å². The molecule has 0 aliphatic carbocycles. The van der Waals surface area contributed by atoms with Gasteiger partial charge in [0.2, 0.25) is 0 Å². The summed E-state index contributed by atoms with van der Waals surface area (Å²) in [6.45, 7) is 1.37. The van der Waals surface area contributed by atoms with Crippen molar-refractivity contribution in [3.63, 3.8) is 0 Å². The fourth-order valence-corrected chi connectivity index (χ4v) is 1.94. The van der Waals surface area contributed by atoms with Crippen LogP contribution in [0.4, 0.5) is 4.39 Å². The highest BCUT2D eigenvalue weighted by Gasteiger charge is 2.16. The lowest BCUT2D eigenvalue weighted by Crippen LogP contribution is -2.33. The zero-order valence-electron chi connectivity index (χ0n) is 11.8. The molecule has 0 saturated heterocycles. The smallest absolute Gasteiger partial charge is 0.254 e. The Bertz CT molecular complexity index is 573. The molecule has 1 heterocycles. The lowest BCUT2D eigenvalue weighted by molar-refractivity contribution is 0.0680. The van der Waals surface area contributed by atoms with E-state index >= 15 is 0 Å². The van der Waals surface area contributed by atoms with Crippen molar-refractivity contribution in [3.05, 3.63) is 65.7 Å². The Kier molecular flexibility index (Phi) is 5.40. The summed E-state index contributed by atoms with van der Waals surface area (Å²) in [5.41, 5.74) is 1.44. The Morgan fingerprint density at radius 3 is 2.48 bits per heavy atom. The van der Waals surface area contributed by atoms with Crippen molar-refractivity contribution in [2.24, 2.45) is 0 Å². The molecule has 0 aliphatic heterocycles. The molecule has 0 aliphatic rings. The largest absolute Gasteiger partial charge is 0.383 e. The van der Waals surface area contributed by atoms with Gasteiger partial charge in [-0.15, -0.1) is 0 Å². The van der Waals surface area contributed by atoms with Crippen LogP contribution in [0.3, 0.4) is 0 Å². The van der Waals surface area contributed by atoms with Crippen molar-refractivity contribution in [1.82, 2.24) is 9.88 Å². The summed E-state index contributed by atoms with van der Waals surface area (Å²) >= 11 is 0. The summed E-state index contributed by atoms with van der Waals surface area (Å²) in [6, 6.07) is 9.27. The molecule has 0 fully saturated rings. The van der Waals surface area contributed by atoms with Crippen LogP contribution in [-0.2, 0) is 11.3 Å². The van der Waals surface area contributed by atoms with E-state index in [0.717, 1.165) is 5.56 Å². The van der Waals surface area contributed by atoms with E-state index in [9.17, 15) is 9.18 Å². The van der Waals surface area contributed by atoms with Gasteiger partial charge in [-0.2, -0.15) is 0 Å². The second-order valence-electron chi connectivity index (χ2n) is 4.58. The van der Waals surface area contributed by atoms with Crippen LogP contribution in [0.5, 0.6) is 0 Å². The lowest BCUT2D eigenvalue weighted by Gasteiger charge is -2.22. The van der Waals surface area contributed by atoms with Crippen molar-refractivity contribution in [2.75, 3.05) is 20.3 Å². The van der Waals surface area contributed by atoms with Crippen molar-refractivity contribution in [2.45, 2.75) is 6.54 Å². The van der Waals surface area contributed by atoms with E-state index in [4.69, 9.17) is 4.74 Å². The molecule has 110 valence electrons.